The number of carbonyl (C=O) groups excluding carboxylic acids is 1. The molecule has 1 heterocycles. The van der Waals surface area contributed by atoms with Crippen LogP contribution in [-0.2, 0) is 6.54 Å². The summed E-state index contributed by atoms with van der Waals surface area (Å²) in [6.45, 7) is 2.48. The molecule has 0 saturated carbocycles. The van der Waals surface area contributed by atoms with Crippen molar-refractivity contribution >= 4 is 21.8 Å². The zero-order valence-electron chi connectivity index (χ0n) is 15.0. The fraction of sp³-hybridized carbons (Fsp3) is 0.350. The fourth-order valence-corrected chi connectivity index (χ4v) is 3.46. The van der Waals surface area contributed by atoms with Gasteiger partial charge in [-0.3, -0.25) is 9.69 Å². The van der Waals surface area contributed by atoms with Gasteiger partial charge in [0.2, 0.25) is 0 Å². The van der Waals surface area contributed by atoms with E-state index in [-0.39, 0.29) is 17.2 Å². The van der Waals surface area contributed by atoms with Gasteiger partial charge < -0.3 is 9.64 Å². The molecule has 0 N–H and O–H groups in total. The van der Waals surface area contributed by atoms with E-state index in [1.54, 1.807) is 11.0 Å². The Hall–Kier alpha value is -1.99. The molecule has 1 fully saturated rings. The van der Waals surface area contributed by atoms with Gasteiger partial charge in [-0.25, -0.2) is 0 Å². The number of amides is 1. The minimum atomic E-state index is -2.97. The summed E-state index contributed by atoms with van der Waals surface area (Å²) < 4.78 is 30.4. The van der Waals surface area contributed by atoms with Crippen LogP contribution in [0.3, 0.4) is 0 Å². The highest BCUT2D eigenvalue weighted by Gasteiger charge is 2.25. The minimum Gasteiger partial charge on any atom is -0.434 e. The number of carbonyl (C=O) groups is 1. The van der Waals surface area contributed by atoms with Crippen molar-refractivity contribution in [2.24, 2.45) is 0 Å². The maximum absolute atomic E-state index is 12.8. The van der Waals surface area contributed by atoms with Crippen LogP contribution in [0.5, 0.6) is 5.75 Å². The summed E-state index contributed by atoms with van der Waals surface area (Å²) in [6, 6.07) is 12.9. The molecule has 144 valence electrons. The van der Waals surface area contributed by atoms with Crippen molar-refractivity contribution in [1.82, 2.24) is 9.80 Å². The van der Waals surface area contributed by atoms with Gasteiger partial charge in [-0.2, -0.15) is 8.78 Å². The Morgan fingerprint density at radius 1 is 1.11 bits per heavy atom. The number of aryl methyl sites for hydroxylation is 1. The van der Waals surface area contributed by atoms with Gasteiger partial charge in [0.05, 0.1) is 5.56 Å². The topological polar surface area (TPSA) is 32.8 Å². The molecule has 27 heavy (non-hydrogen) atoms. The third kappa shape index (κ3) is 5.26. The average Bonchev–Trinajstić information content (AvgIpc) is 2.65. The molecule has 0 bridgehead atoms. The molecule has 3 rings (SSSR count). The number of piperazine rings is 1. The maximum atomic E-state index is 12.8. The summed E-state index contributed by atoms with van der Waals surface area (Å²) in [5.41, 5.74) is 2.61. The Labute approximate surface area is 165 Å². The lowest BCUT2D eigenvalue weighted by Gasteiger charge is -2.35. The molecule has 0 spiro atoms. The maximum Gasteiger partial charge on any atom is 0.387 e. The van der Waals surface area contributed by atoms with Crippen molar-refractivity contribution in [3.63, 3.8) is 0 Å². The van der Waals surface area contributed by atoms with E-state index in [4.69, 9.17) is 0 Å². The molecular formula is C20H21BrF2N2O2. The Bertz CT molecular complexity index is 791. The average molecular weight is 439 g/mol. The van der Waals surface area contributed by atoms with Gasteiger partial charge in [-0.1, -0.05) is 45.8 Å². The molecule has 0 unspecified atom stereocenters. The zero-order chi connectivity index (χ0) is 19.4. The molecule has 1 saturated heterocycles. The lowest BCUT2D eigenvalue weighted by Crippen LogP contribution is -2.48. The molecule has 7 heteroatoms. The van der Waals surface area contributed by atoms with Gasteiger partial charge in [0.1, 0.15) is 5.75 Å². The van der Waals surface area contributed by atoms with Crippen molar-refractivity contribution in [2.45, 2.75) is 20.1 Å². The molecule has 0 aromatic heterocycles. The lowest BCUT2D eigenvalue weighted by atomic mass is 10.1. The number of hydrogen-bond acceptors (Lipinski definition) is 3. The number of nitrogens with zero attached hydrogens (tertiary/aromatic N) is 2. The first-order valence-corrected chi connectivity index (χ1v) is 9.53. The number of rotatable bonds is 5. The van der Waals surface area contributed by atoms with Crippen molar-refractivity contribution in [2.75, 3.05) is 26.2 Å². The van der Waals surface area contributed by atoms with E-state index in [1.807, 2.05) is 0 Å². The quantitative estimate of drug-likeness (QED) is 0.696. The van der Waals surface area contributed by atoms with Gasteiger partial charge in [0.25, 0.3) is 5.91 Å². The molecule has 0 radical (unpaired) electrons. The number of benzene rings is 2. The van der Waals surface area contributed by atoms with Gasteiger partial charge in [0, 0.05) is 37.2 Å². The fourth-order valence-electron chi connectivity index (χ4n) is 3.10. The summed E-state index contributed by atoms with van der Waals surface area (Å²) in [6.07, 6.45) is 0. The number of halogens is 3. The summed E-state index contributed by atoms with van der Waals surface area (Å²) in [4.78, 5) is 16.8. The van der Waals surface area contributed by atoms with Crippen LogP contribution < -0.4 is 4.74 Å². The van der Waals surface area contributed by atoms with E-state index in [9.17, 15) is 13.6 Å². The van der Waals surface area contributed by atoms with Crippen molar-refractivity contribution in [3.05, 3.63) is 63.6 Å². The van der Waals surface area contributed by atoms with E-state index in [0.29, 0.717) is 17.6 Å². The summed E-state index contributed by atoms with van der Waals surface area (Å²) in [5, 5.41) is 0. The van der Waals surface area contributed by atoms with Gasteiger partial charge in [0.15, 0.2) is 0 Å². The van der Waals surface area contributed by atoms with Crippen LogP contribution in [0.25, 0.3) is 0 Å². The molecule has 0 aliphatic carbocycles. The monoisotopic (exact) mass is 438 g/mol. The number of hydrogen-bond donors (Lipinski definition) is 0. The van der Waals surface area contributed by atoms with E-state index < -0.39 is 6.61 Å². The second-order valence-corrected chi connectivity index (χ2v) is 7.49. The first-order valence-electron chi connectivity index (χ1n) is 8.74. The second-order valence-electron chi connectivity index (χ2n) is 6.57. The summed E-state index contributed by atoms with van der Waals surface area (Å²) >= 11 is 3.28. The summed E-state index contributed by atoms with van der Waals surface area (Å²) in [7, 11) is 0. The van der Waals surface area contributed by atoms with E-state index in [2.05, 4.69) is 56.8 Å². The molecule has 1 aliphatic rings. The van der Waals surface area contributed by atoms with Crippen LogP contribution in [0.1, 0.15) is 21.5 Å². The standard InChI is InChI=1S/C20H21BrF2N2O2/c1-14-2-4-15(5-3-14)13-24-8-10-25(11-9-24)19(26)17-12-16(21)6-7-18(17)27-20(22)23/h2-7,12,20H,8-11,13H2,1H3. The normalized spacial score (nSPS) is 15.2. The molecule has 2 aromatic carbocycles. The number of alkyl halides is 2. The highest BCUT2D eigenvalue weighted by molar-refractivity contribution is 9.10. The smallest absolute Gasteiger partial charge is 0.387 e. The molecule has 1 aliphatic heterocycles. The Kier molecular flexibility index (Phi) is 6.44. The first-order chi connectivity index (χ1) is 12.9. The van der Waals surface area contributed by atoms with E-state index >= 15 is 0 Å². The van der Waals surface area contributed by atoms with Crippen LogP contribution in [0.2, 0.25) is 0 Å². The van der Waals surface area contributed by atoms with Crippen LogP contribution in [-0.4, -0.2) is 48.5 Å². The van der Waals surface area contributed by atoms with Crippen LogP contribution >= 0.6 is 15.9 Å². The highest BCUT2D eigenvalue weighted by atomic mass is 79.9. The van der Waals surface area contributed by atoms with Crippen molar-refractivity contribution in [1.29, 1.82) is 0 Å². The predicted octanol–water partition coefficient (Wildman–Crippen LogP) is 4.32. The van der Waals surface area contributed by atoms with Crippen molar-refractivity contribution in [3.8, 4) is 5.75 Å². The third-order valence-corrected chi connectivity index (χ3v) is 5.07. The van der Waals surface area contributed by atoms with Crippen molar-refractivity contribution < 1.29 is 18.3 Å². The van der Waals surface area contributed by atoms with E-state index in [1.165, 1.54) is 23.3 Å². The van der Waals surface area contributed by atoms with Crippen LogP contribution in [0.15, 0.2) is 46.9 Å². The van der Waals surface area contributed by atoms with Crippen LogP contribution in [0, 0.1) is 6.92 Å². The largest absolute Gasteiger partial charge is 0.434 e. The Morgan fingerprint density at radius 3 is 2.41 bits per heavy atom. The van der Waals surface area contributed by atoms with Gasteiger partial charge in [-0.05, 0) is 30.7 Å². The third-order valence-electron chi connectivity index (χ3n) is 4.57. The lowest BCUT2D eigenvalue weighted by molar-refractivity contribution is -0.0503. The summed E-state index contributed by atoms with van der Waals surface area (Å²) in [5.74, 6) is -0.387. The molecule has 1 amide bonds. The number of ether oxygens (including phenoxy) is 1. The zero-order valence-corrected chi connectivity index (χ0v) is 16.6. The SMILES string of the molecule is Cc1ccc(CN2CCN(C(=O)c3cc(Br)ccc3OC(F)F)CC2)cc1. The van der Waals surface area contributed by atoms with Gasteiger partial charge in [-0.15, -0.1) is 0 Å². The second kappa shape index (κ2) is 8.80. The molecule has 2 aromatic rings. The molecular weight excluding hydrogens is 418 g/mol. The minimum absolute atomic E-state index is 0.0970. The predicted molar refractivity (Wildman–Crippen MR) is 103 cm³/mol. The Morgan fingerprint density at radius 2 is 1.78 bits per heavy atom. The Balaban J connectivity index is 1.63. The molecule has 0 atom stereocenters. The van der Waals surface area contributed by atoms with Gasteiger partial charge >= 0.3 is 6.61 Å². The van der Waals surface area contributed by atoms with E-state index in [0.717, 1.165) is 19.6 Å². The highest BCUT2D eigenvalue weighted by Crippen LogP contribution is 2.26. The first kappa shape index (κ1) is 19.8. The molecule has 4 nitrogen and oxygen atoms in total. The van der Waals surface area contributed by atoms with Crippen LogP contribution in [0.4, 0.5) is 8.78 Å².